The molecular formula is C26H27N5O. The van der Waals surface area contributed by atoms with Crippen molar-refractivity contribution in [2.45, 2.75) is 45.2 Å². The van der Waals surface area contributed by atoms with E-state index in [2.05, 4.69) is 53.0 Å². The lowest BCUT2D eigenvalue weighted by molar-refractivity contribution is 0.0513. The first-order valence-corrected chi connectivity index (χ1v) is 11.3. The first-order valence-electron chi connectivity index (χ1n) is 11.3. The zero-order chi connectivity index (χ0) is 22.2. The molecule has 1 aliphatic rings. The van der Waals surface area contributed by atoms with Crippen LogP contribution in [0, 0.1) is 0 Å². The Kier molecular flexibility index (Phi) is 5.21. The smallest absolute Gasteiger partial charge is 0.254 e. The standard InChI is InChI=1S/C26H27N5O/c1-4-20-14-21-24(29-30(3)25(21)17-9-7-6-8-10-17)23(5-2)31(20)26(32)18-11-12-22-19(13-18)15-27-16-28-22/h6-13,15-16,20,23H,4-5,14H2,1-3H3. The zero-order valence-corrected chi connectivity index (χ0v) is 18.7. The van der Waals surface area contributed by atoms with Gasteiger partial charge in [-0.3, -0.25) is 9.48 Å². The molecule has 0 saturated carbocycles. The highest BCUT2D eigenvalue weighted by Crippen LogP contribution is 2.41. The molecular weight excluding hydrogens is 398 g/mol. The van der Waals surface area contributed by atoms with E-state index in [0.717, 1.165) is 41.6 Å². The van der Waals surface area contributed by atoms with Crippen LogP contribution in [0.3, 0.4) is 0 Å². The van der Waals surface area contributed by atoms with Gasteiger partial charge in [0.05, 0.1) is 22.9 Å². The van der Waals surface area contributed by atoms with E-state index in [0.29, 0.717) is 5.56 Å². The molecule has 32 heavy (non-hydrogen) atoms. The van der Waals surface area contributed by atoms with E-state index >= 15 is 0 Å². The van der Waals surface area contributed by atoms with Gasteiger partial charge in [0, 0.05) is 41.4 Å². The number of hydrogen-bond acceptors (Lipinski definition) is 4. The van der Waals surface area contributed by atoms with E-state index in [1.807, 2.05) is 36.0 Å². The Labute approximate surface area is 187 Å². The fourth-order valence-corrected chi connectivity index (χ4v) is 5.04. The predicted molar refractivity (Wildman–Crippen MR) is 125 cm³/mol. The number of rotatable bonds is 4. The summed E-state index contributed by atoms with van der Waals surface area (Å²) >= 11 is 0. The summed E-state index contributed by atoms with van der Waals surface area (Å²) in [5.74, 6) is 0.0482. The van der Waals surface area contributed by atoms with Gasteiger partial charge in [-0.15, -0.1) is 0 Å². The maximum Gasteiger partial charge on any atom is 0.254 e. The number of fused-ring (bicyclic) bond motifs is 2. The minimum absolute atomic E-state index is 0.0482. The van der Waals surface area contributed by atoms with Crippen LogP contribution < -0.4 is 0 Å². The van der Waals surface area contributed by atoms with Crippen molar-refractivity contribution in [3.63, 3.8) is 0 Å². The highest BCUT2D eigenvalue weighted by molar-refractivity contribution is 5.98. The van der Waals surface area contributed by atoms with Gasteiger partial charge in [0.15, 0.2) is 0 Å². The van der Waals surface area contributed by atoms with Gasteiger partial charge in [-0.2, -0.15) is 5.10 Å². The van der Waals surface area contributed by atoms with Crippen LogP contribution in [0.2, 0.25) is 0 Å². The molecule has 1 amide bonds. The number of amides is 1. The molecule has 0 bridgehead atoms. The highest BCUT2D eigenvalue weighted by Gasteiger charge is 2.40. The van der Waals surface area contributed by atoms with Crippen molar-refractivity contribution >= 4 is 16.8 Å². The Morgan fingerprint density at radius 3 is 2.66 bits per heavy atom. The third-order valence-electron chi connectivity index (χ3n) is 6.55. The van der Waals surface area contributed by atoms with Crippen LogP contribution in [0.5, 0.6) is 0 Å². The summed E-state index contributed by atoms with van der Waals surface area (Å²) in [6.07, 6.45) is 5.80. The summed E-state index contributed by atoms with van der Waals surface area (Å²) in [4.78, 5) is 24.3. The SMILES string of the molecule is CCC1Cc2c(nn(C)c2-c2ccccc2)C(CC)N1C(=O)c1ccc2ncncc2c1. The highest BCUT2D eigenvalue weighted by atomic mass is 16.2. The largest absolute Gasteiger partial charge is 0.327 e. The molecule has 5 rings (SSSR count). The number of hydrogen-bond donors (Lipinski definition) is 0. The summed E-state index contributed by atoms with van der Waals surface area (Å²) in [5, 5.41) is 5.80. The van der Waals surface area contributed by atoms with Crippen molar-refractivity contribution in [2.24, 2.45) is 7.05 Å². The molecule has 162 valence electrons. The number of carbonyl (C=O) groups excluding carboxylic acids is 1. The first kappa shape index (κ1) is 20.4. The van der Waals surface area contributed by atoms with Crippen LogP contribution in [-0.4, -0.2) is 36.6 Å². The number of aromatic nitrogens is 4. The Bertz CT molecular complexity index is 1280. The summed E-state index contributed by atoms with van der Waals surface area (Å²) in [6, 6.07) is 16.2. The molecule has 2 unspecified atom stereocenters. The van der Waals surface area contributed by atoms with Crippen molar-refractivity contribution in [2.75, 3.05) is 0 Å². The molecule has 0 spiro atoms. The fraction of sp³-hybridized carbons (Fsp3) is 0.308. The van der Waals surface area contributed by atoms with E-state index in [9.17, 15) is 4.79 Å². The lowest BCUT2D eigenvalue weighted by Gasteiger charge is -2.41. The normalized spacial score (nSPS) is 18.0. The molecule has 2 atom stereocenters. The van der Waals surface area contributed by atoms with E-state index in [4.69, 9.17) is 5.10 Å². The van der Waals surface area contributed by atoms with E-state index in [-0.39, 0.29) is 18.0 Å². The van der Waals surface area contributed by atoms with E-state index in [1.165, 1.54) is 17.5 Å². The van der Waals surface area contributed by atoms with Crippen molar-refractivity contribution in [3.05, 3.63) is 77.9 Å². The van der Waals surface area contributed by atoms with Crippen LogP contribution in [0.25, 0.3) is 22.2 Å². The molecule has 4 aromatic rings. The third-order valence-corrected chi connectivity index (χ3v) is 6.55. The summed E-state index contributed by atoms with van der Waals surface area (Å²) in [5.41, 5.74) is 6.14. The van der Waals surface area contributed by atoms with Gasteiger partial charge in [0.25, 0.3) is 5.91 Å². The van der Waals surface area contributed by atoms with Crippen LogP contribution in [0.15, 0.2) is 61.1 Å². The second-order valence-corrected chi connectivity index (χ2v) is 8.40. The van der Waals surface area contributed by atoms with Crippen LogP contribution in [0.1, 0.15) is 54.3 Å². The summed E-state index contributed by atoms with van der Waals surface area (Å²) in [7, 11) is 2.00. The summed E-state index contributed by atoms with van der Waals surface area (Å²) in [6.45, 7) is 4.30. The first-order chi connectivity index (χ1) is 15.6. The molecule has 3 heterocycles. The number of carbonyl (C=O) groups is 1. The Balaban J connectivity index is 1.59. The van der Waals surface area contributed by atoms with Crippen molar-refractivity contribution in [3.8, 4) is 11.3 Å². The molecule has 0 saturated heterocycles. The molecule has 6 nitrogen and oxygen atoms in total. The quantitative estimate of drug-likeness (QED) is 0.464. The van der Waals surface area contributed by atoms with E-state index in [1.54, 1.807) is 6.20 Å². The minimum Gasteiger partial charge on any atom is -0.327 e. The lowest BCUT2D eigenvalue weighted by Crippen LogP contribution is -2.47. The van der Waals surface area contributed by atoms with Gasteiger partial charge < -0.3 is 4.90 Å². The van der Waals surface area contributed by atoms with Crippen molar-refractivity contribution in [1.29, 1.82) is 0 Å². The van der Waals surface area contributed by atoms with Gasteiger partial charge in [0.1, 0.15) is 6.33 Å². The fourth-order valence-electron chi connectivity index (χ4n) is 5.04. The number of benzene rings is 2. The van der Waals surface area contributed by atoms with Crippen molar-refractivity contribution < 1.29 is 4.79 Å². The predicted octanol–water partition coefficient (Wildman–Crippen LogP) is 4.96. The number of aryl methyl sites for hydroxylation is 1. The minimum atomic E-state index is -0.0532. The summed E-state index contributed by atoms with van der Waals surface area (Å²) < 4.78 is 1.98. The molecule has 0 radical (unpaired) electrons. The van der Waals surface area contributed by atoms with Crippen LogP contribution in [0.4, 0.5) is 0 Å². The Hall–Kier alpha value is -3.54. The van der Waals surface area contributed by atoms with Crippen LogP contribution in [-0.2, 0) is 13.5 Å². The van der Waals surface area contributed by atoms with Gasteiger partial charge in [0.2, 0.25) is 0 Å². The third kappa shape index (κ3) is 3.27. The molecule has 6 heteroatoms. The Morgan fingerprint density at radius 2 is 1.91 bits per heavy atom. The second kappa shape index (κ2) is 8.19. The molecule has 2 aromatic heterocycles. The maximum atomic E-state index is 13.8. The Morgan fingerprint density at radius 1 is 1.09 bits per heavy atom. The molecule has 0 fully saturated rings. The monoisotopic (exact) mass is 425 g/mol. The van der Waals surface area contributed by atoms with Gasteiger partial charge >= 0.3 is 0 Å². The van der Waals surface area contributed by atoms with Crippen LogP contribution >= 0.6 is 0 Å². The zero-order valence-electron chi connectivity index (χ0n) is 18.7. The van der Waals surface area contributed by atoms with Crippen molar-refractivity contribution in [1.82, 2.24) is 24.6 Å². The number of nitrogens with zero attached hydrogens (tertiary/aromatic N) is 5. The van der Waals surface area contributed by atoms with E-state index < -0.39 is 0 Å². The van der Waals surface area contributed by atoms with Gasteiger partial charge in [-0.05, 0) is 37.5 Å². The molecule has 0 N–H and O–H groups in total. The lowest BCUT2D eigenvalue weighted by atomic mass is 9.87. The molecule has 2 aromatic carbocycles. The molecule has 0 aliphatic carbocycles. The van der Waals surface area contributed by atoms with Gasteiger partial charge in [-0.25, -0.2) is 9.97 Å². The maximum absolute atomic E-state index is 13.8. The average Bonchev–Trinajstić information content (AvgIpc) is 3.17. The van der Waals surface area contributed by atoms with Gasteiger partial charge in [-0.1, -0.05) is 44.2 Å². The topological polar surface area (TPSA) is 63.9 Å². The second-order valence-electron chi connectivity index (χ2n) is 8.40. The molecule has 1 aliphatic heterocycles. The average molecular weight is 426 g/mol.